The number of hydrogen-bond acceptors (Lipinski definition) is 4. The van der Waals surface area contributed by atoms with Crippen LogP contribution in [0.1, 0.15) is 16.2 Å². The molecule has 0 unspecified atom stereocenters. The van der Waals surface area contributed by atoms with Crippen molar-refractivity contribution in [1.29, 1.82) is 0 Å². The van der Waals surface area contributed by atoms with Crippen LogP contribution in [0.2, 0.25) is 0 Å². The summed E-state index contributed by atoms with van der Waals surface area (Å²) in [4.78, 5) is 15.8. The molecule has 0 fully saturated rings. The molecule has 0 atom stereocenters. The summed E-state index contributed by atoms with van der Waals surface area (Å²) in [5.74, 6) is -0.516. The second-order valence-corrected chi connectivity index (χ2v) is 4.15. The lowest BCUT2D eigenvalue weighted by Gasteiger charge is -2.15. The number of carbonyl (C=O) groups is 1. The first kappa shape index (κ1) is 10.9. The predicted molar refractivity (Wildman–Crippen MR) is 65.7 cm³/mol. The lowest BCUT2D eigenvalue weighted by molar-refractivity contribution is 0.0995. The van der Waals surface area contributed by atoms with Gasteiger partial charge in [-0.15, -0.1) is 0 Å². The van der Waals surface area contributed by atoms with Crippen LogP contribution in [0.5, 0.6) is 0 Å². The average molecular weight is 243 g/mol. The standard InChI is InChI=1S/C12H13N5O/c13-12(18)11-10(8-3-1-2-4-15-8)9-7-14-5-6-17(9)16-11/h1-4,14H,5-7H2,(H2,13,18). The molecule has 6 heteroatoms. The molecule has 3 N–H and O–H groups in total. The summed E-state index contributed by atoms with van der Waals surface area (Å²) >= 11 is 0. The molecule has 0 spiro atoms. The van der Waals surface area contributed by atoms with Crippen LogP contribution < -0.4 is 11.1 Å². The van der Waals surface area contributed by atoms with Gasteiger partial charge in [-0.3, -0.25) is 14.5 Å². The van der Waals surface area contributed by atoms with Gasteiger partial charge in [0.25, 0.3) is 5.91 Å². The zero-order valence-corrected chi connectivity index (χ0v) is 9.76. The van der Waals surface area contributed by atoms with Crippen molar-refractivity contribution in [1.82, 2.24) is 20.1 Å². The third-order valence-corrected chi connectivity index (χ3v) is 3.00. The van der Waals surface area contributed by atoms with Crippen LogP contribution >= 0.6 is 0 Å². The van der Waals surface area contributed by atoms with Gasteiger partial charge < -0.3 is 11.1 Å². The third kappa shape index (κ3) is 1.67. The van der Waals surface area contributed by atoms with Gasteiger partial charge in [-0.2, -0.15) is 5.10 Å². The van der Waals surface area contributed by atoms with Crippen LogP contribution in [0.15, 0.2) is 24.4 Å². The SMILES string of the molecule is NC(=O)c1nn2c(c1-c1ccccn1)CNCC2. The summed E-state index contributed by atoms with van der Waals surface area (Å²) in [6, 6.07) is 5.58. The predicted octanol–water partition coefficient (Wildman–Crippen LogP) is 0.147. The number of nitrogens with zero attached hydrogens (tertiary/aromatic N) is 3. The van der Waals surface area contributed by atoms with Crippen molar-refractivity contribution < 1.29 is 4.79 Å². The van der Waals surface area contributed by atoms with Crippen LogP contribution in [0.3, 0.4) is 0 Å². The van der Waals surface area contributed by atoms with Crippen molar-refractivity contribution in [2.75, 3.05) is 6.54 Å². The maximum absolute atomic E-state index is 11.5. The molecule has 0 bridgehead atoms. The quantitative estimate of drug-likeness (QED) is 0.786. The Morgan fingerprint density at radius 2 is 2.33 bits per heavy atom. The Hall–Kier alpha value is -2.21. The first-order chi connectivity index (χ1) is 8.77. The van der Waals surface area contributed by atoms with Crippen molar-refractivity contribution in [3.63, 3.8) is 0 Å². The molecule has 0 radical (unpaired) electrons. The molecule has 0 saturated carbocycles. The average Bonchev–Trinajstić information content (AvgIpc) is 2.79. The Balaban J connectivity index is 2.23. The van der Waals surface area contributed by atoms with Crippen molar-refractivity contribution in [3.05, 3.63) is 35.8 Å². The van der Waals surface area contributed by atoms with E-state index in [2.05, 4.69) is 15.4 Å². The minimum atomic E-state index is -0.516. The molecule has 92 valence electrons. The molecular weight excluding hydrogens is 230 g/mol. The normalized spacial score (nSPS) is 14.2. The highest BCUT2D eigenvalue weighted by atomic mass is 16.1. The van der Waals surface area contributed by atoms with E-state index in [0.29, 0.717) is 12.2 Å². The molecule has 0 aliphatic carbocycles. The molecular formula is C12H13N5O. The minimum Gasteiger partial charge on any atom is -0.364 e. The van der Waals surface area contributed by atoms with E-state index in [9.17, 15) is 4.79 Å². The molecule has 3 heterocycles. The van der Waals surface area contributed by atoms with Gasteiger partial charge >= 0.3 is 0 Å². The van der Waals surface area contributed by atoms with Crippen molar-refractivity contribution in [2.24, 2.45) is 5.73 Å². The van der Waals surface area contributed by atoms with Gasteiger partial charge in [0.1, 0.15) is 0 Å². The van der Waals surface area contributed by atoms with Gasteiger partial charge in [0.2, 0.25) is 0 Å². The van der Waals surface area contributed by atoms with Gasteiger partial charge in [0, 0.05) is 19.3 Å². The Morgan fingerprint density at radius 3 is 3.06 bits per heavy atom. The minimum absolute atomic E-state index is 0.299. The second-order valence-electron chi connectivity index (χ2n) is 4.15. The van der Waals surface area contributed by atoms with Gasteiger partial charge in [-0.05, 0) is 12.1 Å². The van der Waals surface area contributed by atoms with Crippen molar-refractivity contribution in [2.45, 2.75) is 13.1 Å². The molecule has 1 aliphatic rings. The van der Waals surface area contributed by atoms with Crippen molar-refractivity contribution >= 4 is 5.91 Å². The summed E-state index contributed by atoms with van der Waals surface area (Å²) in [5, 5.41) is 7.55. The van der Waals surface area contributed by atoms with E-state index in [4.69, 9.17) is 5.73 Å². The smallest absolute Gasteiger partial charge is 0.269 e. The fourth-order valence-electron chi connectivity index (χ4n) is 2.21. The number of hydrogen-bond donors (Lipinski definition) is 2. The number of aromatic nitrogens is 3. The third-order valence-electron chi connectivity index (χ3n) is 3.00. The van der Waals surface area contributed by atoms with Crippen LogP contribution in [0.25, 0.3) is 11.3 Å². The Morgan fingerprint density at radius 1 is 1.44 bits per heavy atom. The number of rotatable bonds is 2. The monoisotopic (exact) mass is 243 g/mol. The second kappa shape index (κ2) is 4.23. The van der Waals surface area contributed by atoms with Crippen LogP contribution in [0, 0.1) is 0 Å². The van der Waals surface area contributed by atoms with E-state index in [0.717, 1.165) is 30.0 Å². The zero-order valence-electron chi connectivity index (χ0n) is 9.76. The Labute approximate surface area is 104 Å². The molecule has 2 aromatic heterocycles. The van der Waals surface area contributed by atoms with Crippen LogP contribution in [-0.2, 0) is 13.1 Å². The maximum atomic E-state index is 11.5. The van der Waals surface area contributed by atoms with Gasteiger partial charge in [0.05, 0.1) is 23.5 Å². The Bertz CT molecular complexity index is 590. The van der Waals surface area contributed by atoms with Gasteiger partial charge in [0.15, 0.2) is 5.69 Å². The largest absolute Gasteiger partial charge is 0.364 e. The van der Waals surface area contributed by atoms with Gasteiger partial charge in [-0.1, -0.05) is 6.07 Å². The van der Waals surface area contributed by atoms with E-state index >= 15 is 0 Å². The zero-order chi connectivity index (χ0) is 12.5. The van der Waals surface area contributed by atoms with Crippen molar-refractivity contribution in [3.8, 4) is 11.3 Å². The first-order valence-corrected chi connectivity index (χ1v) is 5.79. The van der Waals surface area contributed by atoms with E-state index < -0.39 is 5.91 Å². The molecule has 0 saturated heterocycles. The van der Waals surface area contributed by atoms with Crippen LogP contribution in [-0.4, -0.2) is 27.2 Å². The lowest BCUT2D eigenvalue weighted by Crippen LogP contribution is -2.28. The molecule has 1 aliphatic heterocycles. The number of fused-ring (bicyclic) bond motifs is 1. The number of amides is 1. The van der Waals surface area contributed by atoms with Gasteiger partial charge in [-0.25, -0.2) is 0 Å². The number of primary amides is 1. The molecule has 2 aromatic rings. The molecule has 18 heavy (non-hydrogen) atoms. The number of carbonyl (C=O) groups excluding carboxylic acids is 1. The fraction of sp³-hybridized carbons (Fsp3) is 0.250. The number of nitrogens with one attached hydrogen (secondary N) is 1. The highest BCUT2D eigenvalue weighted by Crippen LogP contribution is 2.26. The molecule has 3 rings (SSSR count). The first-order valence-electron chi connectivity index (χ1n) is 5.79. The topological polar surface area (TPSA) is 85.8 Å². The van der Waals surface area contributed by atoms with E-state index in [-0.39, 0.29) is 0 Å². The van der Waals surface area contributed by atoms with E-state index in [1.54, 1.807) is 6.20 Å². The summed E-state index contributed by atoms with van der Waals surface area (Å²) < 4.78 is 1.83. The molecule has 1 amide bonds. The van der Waals surface area contributed by atoms with E-state index in [1.165, 1.54) is 0 Å². The van der Waals surface area contributed by atoms with Crippen LogP contribution in [0.4, 0.5) is 0 Å². The summed E-state index contributed by atoms with van der Waals surface area (Å²) in [7, 11) is 0. The summed E-state index contributed by atoms with van der Waals surface area (Å²) in [6.45, 7) is 2.25. The fourth-order valence-corrected chi connectivity index (χ4v) is 2.21. The highest BCUT2D eigenvalue weighted by molar-refractivity contribution is 5.98. The number of nitrogens with two attached hydrogens (primary N) is 1. The molecule has 0 aromatic carbocycles. The lowest BCUT2D eigenvalue weighted by atomic mass is 10.1. The Kier molecular flexibility index (Phi) is 2.56. The summed E-state index contributed by atoms with van der Waals surface area (Å²) in [5.41, 5.74) is 8.14. The van der Waals surface area contributed by atoms with E-state index in [1.807, 2.05) is 22.9 Å². The molecule has 6 nitrogen and oxygen atoms in total. The number of pyridine rings is 1. The summed E-state index contributed by atoms with van der Waals surface area (Å²) in [6.07, 6.45) is 1.69. The highest BCUT2D eigenvalue weighted by Gasteiger charge is 2.24. The maximum Gasteiger partial charge on any atom is 0.269 e.